The molecule has 5 heteroatoms. The van der Waals surface area contributed by atoms with Crippen LogP contribution in [0.3, 0.4) is 0 Å². The molecular formula is C8H7BrN2O2. The van der Waals surface area contributed by atoms with Crippen molar-refractivity contribution in [3.8, 4) is 0 Å². The standard InChI is InChI=1S/C8H7BrN2O2/c9-6-1-2-7(11(12)13)5-3-4-10-8(5)6/h1-2,10H,3-4H2. The molecule has 0 aromatic heterocycles. The predicted octanol–water partition coefficient (Wildman–Crippen LogP) is 2.33. The maximum Gasteiger partial charge on any atom is 0.274 e. The largest absolute Gasteiger partial charge is 0.383 e. The van der Waals surface area contributed by atoms with Gasteiger partial charge in [-0.15, -0.1) is 0 Å². The molecule has 0 radical (unpaired) electrons. The van der Waals surface area contributed by atoms with Gasteiger partial charge in [0.25, 0.3) is 5.69 Å². The van der Waals surface area contributed by atoms with Crippen LogP contribution >= 0.6 is 15.9 Å². The summed E-state index contributed by atoms with van der Waals surface area (Å²) in [4.78, 5) is 10.3. The van der Waals surface area contributed by atoms with Crippen LogP contribution in [0, 0.1) is 10.1 Å². The van der Waals surface area contributed by atoms with Crippen molar-refractivity contribution in [3.05, 3.63) is 32.3 Å². The fourth-order valence-electron chi connectivity index (χ4n) is 1.54. The minimum atomic E-state index is -0.335. The quantitative estimate of drug-likeness (QED) is 0.608. The molecule has 1 aromatic rings. The molecular weight excluding hydrogens is 236 g/mol. The molecule has 1 heterocycles. The molecule has 1 aliphatic heterocycles. The maximum atomic E-state index is 10.6. The second-order valence-electron chi connectivity index (χ2n) is 2.85. The van der Waals surface area contributed by atoms with Gasteiger partial charge in [-0.05, 0) is 28.4 Å². The van der Waals surface area contributed by atoms with Crippen LogP contribution in [-0.2, 0) is 6.42 Å². The van der Waals surface area contributed by atoms with Crippen LogP contribution in [0.5, 0.6) is 0 Å². The van der Waals surface area contributed by atoms with Gasteiger partial charge >= 0.3 is 0 Å². The number of nitro groups is 1. The number of nitrogens with zero attached hydrogens (tertiary/aromatic N) is 1. The van der Waals surface area contributed by atoms with Crippen molar-refractivity contribution in [1.29, 1.82) is 0 Å². The minimum Gasteiger partial charge on any atom is -0.383 e. The molecule has 2 rings (SSSR count). The summed E-state index contributed by atoms with van der Waals surface area (Å²) in [6.45, 7) is 0.777. The van der Waals surface area contributed by atoms with Crippen molar-refractivity contribution in [2.24, 2.45) is 0 Å². The number of benzene rings is 1. The molecule has 1 aliphatic rings. The summed E-state index contributed by atoms with van der Waals surface area (Å²) in [5.41, 5.74) is 1.89. The zero-order valence-electron chi connectivity index (χ0n) is 6.71. The van der Waals surface area contributed by atoms with E-state index in [4.69, 9.17) is 0 Å². The van der Waals surface area contributed by atoms with Crippen molar-refractivity contribution in [2.45, 2.75) is 6.42 Å². The van der Waals surface area contributed by atoms with E-state index >= 15 is 0 Å². The first kappa shape index (κ1) is 8.50. The number of nitrogens with one attached hydrogen (secondary N) is 1. The average molecular weight is 243 g/mol. The van der Waals surface area contributed by atoms with E-state index in [1.54, 1.807) is 6.07 Å². The van der Waals surface area contributed by atoms with Crippen LogP contribution in [0.2, 0.25) is 0 Å². The normalized spacial score (nSPS) is 13.6. The van der Waals surface area contributed by atoms with Crippen LogP contribution < -0.4 is 5.32 Å². The second-order valence-corrected chi connectivity index (χ2v) is 3.71. The molecule has 1 N–H and O–H groups in total. The third-order valence-electron chi connectivity index (χ3n) is 2.11. The molecule has 4 nitrogen and oxygen atoms in total. The Morgan fingerprint density at radius 2 is 2.31 bits per heavy atom. The highest BCUT2D eigenvalue weighted by Crippen LogP contribution is 2.36. The molecule has 0 atom stereocenters. The number of hydrogen-bond acceptors (Lipinski definition) is 3. The van der Waals surface area contributed by atoms with Crippen LogP contribution in [0.4, 0.5) is 11.4 Å². The van der Waals surface area contributed by atoms with Gasteiger partial charge in [-0.1, -0.05) is 0 Å². The lowest BCUT2D eigenvalue weighted by Gasteiger charge is -2.02. The first-order valence-corrected chi connectivity index (χ1v) is 4.69. The Hall–Kier alpha value is -1.10. The monoisotopic (exact) mass is 242 g/mol. The van der Waals surface area contributed by atoms with Crippen molar-refractivity contribution >= 4 is 27.3 Å². The fourth-order valence-corrected chi connectivity index (χ4v) is 2.05. The van der Waals surface area contributed by atoms with Crippen LogP contribution in [0.25, 0.3) is 0 Å². The van der Waals surface area contributed by atoms with Crippen molar-refractivity contribution in [2.75, 3.05) is 11.9 Å². The van der Waals surface area contributed by atoms with E-state index in [1.165, 1.54) is 6.07 Å². The Balaban J connectivity index is 2.62. The highest BCUT2D eigenvalue weighted by molar-refractivity contribution is 9.10. The molecule has 0 saturated heterocycles. The number of hydrogen-bond donors (Lipinski definition) is 1. The van der Waals surface area contributed by atoms with Crippen LogP contribution in [-0.4, -0.2) is 11.5 Å². The summed E-state index contributed by atoms with van der Waals surface area (Å²) in [5.74, 6) is 0. The molecule has 0 spiro atoms. The van der Waals surface area contributed by atoms with Crippen molar-refractivity contribution in [1.82, 2.24) is 0 Å². The molecule has 68 valence electrons. The summed E-state index contributed by atoms with van der Waals surface area (Å²) in [5, 5.41) is 13.7. The summed E-state index contributed by atoms with van der Waals surface area (Å²) < 4.78 is 0.894. The van der Waals surface area contributed by atoms with E-state index in [9.17, 15) is 10.1 Å². The van der Waals surface area contributed by atoms with Crippen molar-refractivity contribution in [3.63, 3.8) is 0 Å². The Labute approximate surface area is 83.2 Å². The fraction of sp³-hybridized carbons (Fsp3) is 0.250. The third-order valence-corrected chi connectivity index (χ3v) is 2.77. The number of fused-ring (bicyclic) bond motifs is 1. The summed E-state index contributed by atoms with van der Waals surface area (Å²) in [7, 11) is 0. The Morgan fingerprint density at radius 3 is 3.00 bits per heavy atom. The number of anilines is 1. The van der Waals surface area contributed by atoms with E-state index in [0.717, 1.165) is 28.7 Å². The minimum absolute atomic E-state index is 0.211. The molecule has 13 heavy (non-hydrogen) atoms. The SMILES string of the molecule is O=[N+]([O-])c1ccc(Br)c2c1CCN2. The second kappa shape index (κ2) is 2.99. The Bertz CT molecular complexity index is 379. The zero-order valence-corrected chi connectivity index (χ0v) is 8.30. The molecule has 0 amide bonds. The predicted molar refractivity (Wildman–Crippen MR) is 53.0 cm³/mol. The third kappa shape index (κ3) is 1.29. The van der Waals surface area contributed by atoms with E-state index in [2.05, 4.69) is 21.2 Å². The average Bonchev–Trinajstić information content (AvgIpc) is 2.53. The molecule has 0 bridgehead atoms. The van der Waals surface area contributed by atoms with E-state index < -0.39 is 0 Å². The number of halogens is 1. The Morgan fingerprint density at radius 1 is 1.54 bits per heavy atom. The smallest absolute Gasteiger partial charge is 0.274 e. The van der Waals surface area contributed by atoms with Crippen molar-refractivity contribution < 1.29 is 4.92 Å². The highest BCUT2D eigenvalue weighted by Gasteiger charge is 2.23. The number of nitro benzene ring substituents is 1. The molecule has 0 unspecified atom stereocenters. The van der Waals surface area contributed by atoms with E-state index in [0.29, 0.717) is 0 Å². The lowest BCUT2D eigenvalue weighted by molar-refractivity contribution is -0.385. The van der Waals surface area contributed by atoms with Gasteiger partial charge in [0.2, 0.25) is 0 Å². The zero-order chi connectivity index (χ0) is 9.42. The van der Waals surface area contributed by atoms with Gasteiger partial charge in [0.05, 0.1) is 16.2 Å². The summed E-state index contributed by atoms with van der Waals surface area (Å²) in [6, 6.07) is 3.24. The number of rotatable bonds is 1. The van der Waals surface area contributed by atoms with Gasteiger partial charge in [0.1, 0.15) is 0 Å². The van der Waals surface area contributed by atoms with Crippen LogP contribution in [0.1, 0.15) is 5.56 Å². The Kier molecular flexibility index (Phi) is 1.95. The first-order valence-electron chi connectivity index (χ1n) is 3.90. The molecule has 0 fully saturated rings. The van der Waals surface area contributed by atoms with E-state index in [-0.39, 0.29) is 10.6 Å². The first-order chi connectivity index (χ1) is 6.20. The summed E-state index contributed by atoms with van der Waals surface area (Å²) in [6.07, 6.45) is 0.727. The lowest BCUT2D eigenvalue weighted by atomic mass is 10.1. The maximum absolute atomic E-state index is 10.6. The summed E-state index contributed by atoms with van der Waals surface area (Å²) >= 11 is 3.35. The van der Waals surface area contributed by atoms with Gasteiger partial charge in [-0.25, -0.2) is 0 Å². The van der Waals surface area contributed by atoms with Gasteiger partial charge in [0.15, 0.2) is 0 Å². The topological polar surface area (TPSA) is 55.2 Å². The highest BCUT2D eigenvalue weighted by atomic mass is 79.9. The molecule has 1 aromatic carbocycles. The molecule has 0 aliphatic carbocycles. The van der Waals surface area contributed by atoms with Crippen LogP contribution in [0.15, 0.2) is 16.6 Å². The lowest BCUT2D eigenvalue weighted by Crippen LogP contribution is -1.93. The van der Waals surface area contributed by atoms with Gasteiger partial charge in [-0.2, -0.15) is 0 Å². The van der Waals surface area contributed by atoms with Gasteiger partial charge < -0.3 is 5.32 Å². The van der Waals surface area contributed by atoms with Gasteiger partial charge in [-0.3, -0.25) is 10.1 Å². The molecule has 0 saturated carbocycles. The van der Waals surface area contributed by atoms with Gasteiger partial charge in [0, 0.05) is 17.1 Å². The van der Waals surface area contributed by atoms with E-state index in [1.807, 2.05) is 0 Å².